The van der Waals surface area contributed by atoms with Crippen LogP contribution < -0.4 is 10.1 Å². The third-order valence-corrected chi connectivity index (χ3v) is 1.70. The van der Waals surface area contributed by atoms with Crippen LogP contribution in [0.15, 0.2) is 18.2 Å². The van der Waals surface area contributed by atoms with Crippen LogP contribution in [-0.2, 0) is 9.59 Å². The zero-order chi connectivity index (χ0) is 11.4. The molecule has 0 unspecified atom stereocenters. The largest absolute Gasteiger partial charge is 0.424 e. The van der Waals surface area contributed by atoms with Crippen LogP contribution in [0.25, 0.3) is 0 Å². The molecule has 0 saturated heterocycles. The molecule has 4 nitrogen and oxygen atoms in total. The van der Waals surface area contributed by atoms with Gasteiger partial charge < -0.3 is 10.1 Å². The summed E-state index contributed by atoms with van der Waals surface area (Å²) in [5, 5.41) is 2.59. The van der Waals surface area contributed by atoms with Gasteiger partial charge in [-0.15, -0.1) is 0 Å². The van der Waals surface area contributed by atoms with Crippen LogP contribution in [0.3, 0.4) is 0 Å². The first-order valence-corrected chi connectivity index (χ1v) is 4.55. The SMILES string of the molecule is CC(=O)Nc1ccc(C)cc1OC(C)=O. The van der Waals surface area contributed by atoms with Crippen LogP contribution in [0.1, 0.15) is 19.4 Å². The van der Waals surface area contributed by atoms with Gasteiger partial charge in [0.15, 0.2) is 5.75 Å². The number of rotatable bonds is 2. The molecule has 0 spiro atoms. The molecule has 1 N–H and O–H groups in total. The number of benzene rings is 1. The number of nitrogens with one attached hydrogen (secondary N) is 1. The molecule has 15 heavy (non-hydrogen) atoms. The van der Waals surface area contributed by atoms with Crippen molar-refractivity contribution < 1.29 is 14.3 Å². The van der Waals surface area contributed by atoms with Crippen LogP contribution in [0.4, 0.5) is 5.69 Å². The smallest absolute Gasteiger partial charge is 0.308 e. The number of ether oxygens (including phenoxy) is 1. The van der Waals surface area contributed by atoms with Crippen molar-refractivity contribution in [2.75, 3.05) is 5.32 Å². The van der Waals surface area contributed by atoms with Crippen molar-refractivity contribution in [3.05, 3.63) is 23.8 Å². The summed E-state index contributed by atoms with van der Waals surface area (Å²) >= 11 is 0. The second-order valence-corrected chi connectivity index (χ2v) is 3.27. The normalized spacial score (nSPS) is 9.53. The standard InChI is InChI=1S/C11H13NO3/c1-7-4-5-10(12-8(2)13)11(6-7)15-9(3)14/h4-6H,1-3H3,(H,12,13). The van der Waals surface area contributed by atoms with Gasteiger partial charge in [-0.2, -0.15) is 0 Å². The lowest BCUT2D eigenvalue weighted by Crippen LogP contribution is -2.09. The van der Waals surface area contributed by atoms with Gasteiger partial charge in [-0.1, -0.05) is 6.07 Å². The van der Waals surface area contributed by atoms with Crippen molar-refractivity contribution in [2.24, 2.45) is 0 Å². The van der Waals surface area contributed by atoms with E-state index < -0.39 is 5.97 Å². The summed E-state index contributed by atoms with van der Waals surface area (Å²) in [6.07, 6.45) is 0. The first-order valence-electron chi connectivity index (χ1n) is 4.55. The third kappa shape index (κ3) is 3.42. The number of aryl methyl sites for hydroxylation is 1. The van der Waals surface area contributed by atoms with E-state index >= 15 is 0 Å². The lowest BCUT2D eigenvalue weighted by Gasteiger charge is -2.09. The molecule has 0 bridgehead atoms. The molecular weight excluding hydrogens is 194 g/mol. The highest BCUT2D eigenvalue weighted by Crippen LogP contribution is 2.25. The van der Waals surface area contributed by atoms with E-state index in [9.17, 15) is 9.59 Å². The van der Waals surface area contributed by atoms with Crippen molar-refractivity contribution >= 4 is 17.6 Å². The summed E-state index contributed by atoms with van der Waals surface area (Å²) in [5.41, 5.74) is 1.46. The molecular formula is C11H13NO3. The van der Waals surface area contributed by atoms with Gasteiger partial charge >= 0.3 is 5.97 Å². The Morgan fingerprint density at radius 2 is 1.93 bits per heavy atom. The molecule has 0 radical (unpaired) electrons. The van der Waals surface area contributed by atoms with E-state index in [4.69, 9.17) is 4.74 Å². The molecule has 1 amide bonds. The summed E-state index contributed by atoms with van der Waals surface area (Å²) in [7, 11) is 0. The molecule has 0 saturated carbocycles. The van der Waals surface area contributed by atoms with Crippen molar-refractivity contribution in [1.82, 2.24) is 0 Å². The van der Waals surface area contributed by atoms with Crippen LogP contribution in [0.5, 0.6) is 5.75 Å². The van der Waals surface area contributed by atoms with Gasteiger partial charge in [-0.05, 0) is 24.6 Å². The molecule has 0 aliphatic rings. The van der Waals surface area contributed by atoms with E-state index in [1.54, 1.807) is 12.1 Å². The molecule has 1 aromatic carbocycles. The van der Waals surface area contributed by atoms with E-state index in [0.717, 1.165) is 5.56 Å². The van der Waals surface area contributed by atoms with E-state index in [-0.39, 0.29) is 5.91 Å². The zero-order valence-electron chi connectivity index (χ0n) is 8.96. The fourth-order valence-corrected chi connectivity index (χ4v) is 1.16. The number of anilines is 1. The maximum absolute atomic E-state index is 10.9. The Morgan fingerprint density at radius 1 is 1.27 bits per heavy atom. The topological polar surface area (TPSA) is 55.4 Å². The molecule has 0 heterocycles. The fraction of sp³-hybridized carbons (Fsp3) is 0.273. The summed E-state index contributed by atoms with van der Waals surface area (Å²) < 4.78 is 4.97. The maximum atomic E-state index is 10.9. The van der Waals surface area contributed by atoms with E-state index in [1.807, 2.05) is 13.0 Å². The number of carbonyl (C=O) groups is 2. The van der Waals surface area contributed by atoms with Gasteiger partial charge in [0.1, 0.15) is 0 Å². The third-order valence-electron chi connectivity index (χ3n) is 1.70. The second-order valence-electron chi connectivity index (χ2n) is 3.27. The minimum Gasteiger partial charge on any atom is -0.424 e. The molecule has 0 fully saturated rings. The van der Waals surface area contributed by atoms with Gasteiger partial charge in [0, 0.05) is 13.8 Å². The van der Waals surface area contributed by atoms with Gasteiger partial charge in [0.25, 0.3) is 0 Å². The second kappa shape index (κ2) is 4.59. The van der Waals surface area contributed by atoms with Crippen molar-refractivity contribution in [2.45, 2.75) is 20.8 Å². The van der Waals surface area contributed by atoms with Crippen molar-refractivity contribution in [1.29, 1.82) is 0 Å². The van der Waals surface area contributed by atoms with E-state index in [1.165, 1.54) is 13.8 Å². The Labute approximate surface area is 88.2 Å². The quantitative estimate of drug-likeness (QED) is 0.595. The van der Waals surface area contributed by atoms with Gasteiger partial charge in [-0.25, -0.2) is 0 Å². The average Bonchev–Trinajstić information content (AvgIpc) is 2.08. The summed E-state index contributed by atoms with van der Waals surface area (Å²) in [5.74, 6) is -0.239. The van der Waals surface area contributed by atoms with E-state index in [0.29, 0.717) is 11.4 Å². The monoisotopic (exact) mass is 207 g/mol. The predicted molar refractivity (Wildman–Crippen MR) is 56.8 cm³/mol. The van der Waals surface area contributed by atoms with Crippen molar-refractivity contribution in [3.63, 3.8) is 0 Å². The van der Waals surface area contributed by atoms with Crippen LogP contribution in [0.2, 0.25) is 0 Å². The highest BCUT2D eigenvalue weighted by molar-refractivity contribution is 5.91. The molecule has 0 aliphatic carbocycles. The molecule has 80 valence electrons. The van der Waals surface area contributed by atoms with Crippen LogP contribution in [0, 0.1) is 6.92 Å². The summed E-state index contributed by atoms with van der Waals surface area (Å²) in [6.45, 7) is 4.60. The first kappa shape index (κ1) is 11.2. The Morgan fingerprint density at radius 3 is 2.47 bits per heavy atom. The Hall–Kier alpha value is -1.84. The maximum Gasteiger partial charge on any atom is 0.308 e. The average molecular weight is 207 g/mol. The van der Waals surface area contributed by atoms with Crippen molar-refractivity contribution in [3.8, 4) is 5.75 Å². The molecule has 1 aromatic rings. The zero-order valence-corrected chi connectivity index (χ0v) is 8.96. The fourth-order valence-electron chi connectivity index (χ4n) is 1.16. The molecule has 0 atom stereocenters. The van der Waals surface area contributed by atoms with Crippen LogP contribution >= 0.6 is 0 Å². The molecule has 1 rings (SSSR count). The number of hydrogen-bond acceptors (Lipinski definition) is 3. The number of hydrogen-bond donors (Lipinski definition) is 1. The van der Waals surface area contributed by atoms with Gasteiger partial charge in [0.05, 0.1) is 5.69 Å². The Bertz CT molecular complexity index is 399. The van der Waals surface area contributed by atoms with E-state index in [2.05, 4.69) is 5.32 Å². The highest BCUT2D eigenvalue weighted by atomic mass is 16.5. The lowest BCUT2D eigenvalue weighted by atomic mass is 10.2. The predicted octanol–water partition coefficient (Wildman–Crippen LogP) is 1.88. The molecule has 0 aliphatic heterocycles. The van der Waals surface area contributed by atoms with Gasteiger partial charge in [-0.3, -0.25) is 9.59 Å². The Balaban J connectivity index is 3.02. The Kier molecular flexibility index (Phi) is 3.44. The minimum atomic E-state index is -0.410. The lowest BCUT2D eigenvalue weighted by molar-refractivity contribution is -0.131. The summed E-state index contributed by atoms with van der Waals surface area (Å²) in [4.78, 5) is 21.7. The minimum absolute atomic E-state index is 0.202. The van der Waals surface area contributed by atoms with Gasteiger partial charge in [0.2, 0.25) is 5.91 Å². The first-order chi connectivity index (χ1) is 6.99. The number of carbonyl (C=O) groups excluding carboxylic acids is 2. The number of amides is 1. The summed E-state index contributed by atoms with van der Waals surface area (Å²) in [6, 6.07) is 5.24. The number of esters is 1. The van der Waals surface area contributed by atoms with Crippen LogP contribution in [-0.4, -0.2) is 11.9 Å². The highest BCUT2D eigenvalue weighted by Gasteiger charge is 2.07. The molecule has 0 aromatic heterocycles. The molecule has 4 heteroatoms.